The Bertz CT molecular complexity index is 468. The highest BCUT2D eigenvalue weighted by molar-refractivity contribution is 7.99. The van der Waals surface area contributed by atoms with E-state index in [1.54, 1.807) is 26.0 Å². The molecule has 2 rings (SSSR count). The van der Waals surface area contributed by atoms with Gasteiger partial charge in [-0.1, -0.05) is 13.8 Å². The van der Waals surface area contributed by atoms with Gasteiger partial charge >= 0.3 is 0 Å². The summed E-state index contributed by atoms with van der Waals surface area (Å²) in [6.45, 7) is 4.68. The SMILES string of the molecule is COc1cc(OC)cc(C2SCCN2C(=O)C(C)C)c1. The molecule has 1 aliphatic rings. The summed E-state index contributed by atoms with van der Waals surface area (Å²) in [7, 11) is 3.27. The molecule has 1 heterocycles. The first-order valence-corrected chi connectivity index (χ1v) is 7.76. The third-order valence-electron chi connectivity index (χ3n) is 3.33. The molecule has 1 amide bonds. The van der Waals surface area contributed by atoms with Crippen molar-refractivity contribution in [1.82, 2.24) is 4.90 Å². The van der Waals surface area contributed by atoms with Gasteiger partial charge in [0.25, 0.3) is 0 Å². The monoisotopic (exact) mass is 295 g/mol. The molecule has 110 valence electrons. The van der Waals surface area contributed by atoms with Crippen LogP contribution in [0, 0.1) is 5.92 Å². The molecular weight excluding hydrogens is 274 g/mol. The van der Waals surface area contributed by atoms with E-state index in [1.165, 1.54) is 0 Å². The van der Waals surface area contributed by atoms with Gasteiger partial charge in [0.05, 0.1) is 14.2 Å². The summed E-state index contributed by atoms with van der Waals surface area (Å²) in [5.41, 5.74) is 1.05. The quantitative estimate of drug-likeness (QED) is 0.856. The first-order valence-electron chi connectivity index (χ1n) is 6.72. The number of thioether (sulfide) groups is 1. The van der Waals surface area contributed by atoms with E-state index < -0.39 is 0 Å². The van der Waals surface area contributed by atoms with E-state index in [4.69, 9.17) is 9.47 Å². The number of hydrogen-bond acceptors (Lipinski definition) is 4. The van der Waals surface area contributed by atoms with E-state index >= 15 is 0 Å². The predicted molar refractivity (Wildman–Crippen MR) is 81.3 cm³/mol. The largest absolute Gasteiger partial charge is 0.497 e. The highest BCUT2D eigenvalue weighted by atomic mass is 32.2. The number of methoxy groups -OCH3 is 2. The predicted octanol–water partition coefficient (Wildman–Crippen LogP) is 2.93. The summed E-state index contributed by atoms with van der Waals surface area (Å²) in [5, 5.41) is 0.0499. The topological polar surface area (TPSA) is 38.8 Å². The fraction of sp³-hybridized carbons (Fsp3) is 0.533. The Morgan fingerprint density at radius 2 is 1.85 bits per heavy atom. The lowest BCUT2D eigenvalue weighted by Crippen LogP contribution is -2.33. The van der Waals surface area contributed by atoms with E-state index in [-0.39, 0.29) is 17.2 Å². The van der Waals surface area contributed by atoms with Gasteiger partial charge in [-0.25, -0.2) is 0 Å². The van der Waals surface area contributed by atoms with E-state index in [0.29, 0.717) is 0 Å². The van der Waals surface area contributed by atoms with Gasteiger partial charge in [0.2, 0.25) is 5.91 Å². The van der Waals surface area contributed by atoms with Crippen LogP contribution in [0.2, 0.25) is 0 Å². The van der Waals surface area contributed by atoms with E-state index in [2.05, 4.69) is 0 Å². The molecule has 0 aliphatic carbocycles. The lowest BCUT2D eigenvalue weighted by molar-refractivity contribution is -0.134. The summed E-state index contributed by atoms with van der Waals surface area (Å²) in [5.74, 6) is 2.68. The summed E-state index contributed by atoms with van der Waals surface area (Å²) >= 11 is 1.78. The van der Waals surface area contributed by atoms with Crippen LogP contribution in [0.15, 0.2) is 18.2 Å². The van der Waals surface area contributed by atoms with Gasteiger partial charge in [0, 0.05) is 24.3 Å². The average molecular weight is 295 g/mol. The van der Waals surface area contributed by atoms with Crippen LogP contribution < -0.4 is 9.47 Å². The Morgan fingerprint density at radius 3 is 2.35 bits per heavy atom. The number of benzene rings is 1. The summed E-state index contributed by atoms with van der Waals surface area (Å²) in [4.78, 5) is 14.2. The minimum Gasteiger partial charge on any atom is -0.497 e. The summed E-state index contributed by atoms with van der Waals surface area (Å²) in [6, 6.07) is 5.80. The first-order chi connectivity index (χ1) is 9.56. The number of amides is 1. The van der Waals surface area contributed by atoms with Crippen molar-refractivity contribution >= 4 is 17.7 Å². The molecule has 1 aromatic carbocycles. The second kappa shape index (κ2) is 6.39. The maximum Gasteiger partial charge on any atom is 0.226 e. The molecule has 20 heavy (non-hydrogen) atoms. The maximum absolute atomic E-state index is 12.3. The fourth-order valence-electron chi connectivity index (χ4n) is 2.28. The van der Waals surface area contributed by atoms with Crippen LogP contribution in [0.4, 0.5) is 0 Å². The second-order valence-corrected chi connectivity index (χ2v) is 6.24. The molecule has 0 bridgehead atoms. The number of rotatable bonds is 4. The molecular formula is C15H21NO3S. The molecule has 1 aliphatic heterocycles. The summed E-state index contributed by atoms with van der Waals surface area (Å²) < 4.78 is 10.6. The Morgan fingerprint density at radius 1 is 1.25 bits per heavy atom. The van der Waals surface area contributed by atoms with E-state index in [1.807, 2.05) is 36.9 Å². The van der Waals surface area contributed by atoms with Crippen LogP contribution in [0.1, 0.15) is 24.8 Å². The fourth-order valence-corrected chi connectivity index (χ4v) is 3.52. The summed E-state index contributed by atoms with van der Waals surface area (Å²) in [6.07, 6.45) is 0. The third-order valence-corrected chi connectivity index (χ3v) is 4.59. The minimum atomic E-state index is 0.0173. The molecule has 1 aromatic rings. The van der Waals surface area contributed by atoms with Gasteiger partial charge in [-0.3, -0.25) is 4.79 Å². The number of nitrogens with zero attached hydrogens (tertiary/aromatic N) is 1. The highest BCUT2D eigenvalue weighted by Crippen LogP contribution is 2.41. The van der Waals surface area contributed by atoms with E-state index in [9.17, 15) is 4.79 Å². The van der Waals surface area contributed by atoms with Gasteiger partial charge < -0.3 is 14.4 Å². The number of hydrogen-bond donors (Lipinski definition) is 0. The highest BCUT2D eigenvalue weighted by Gasteiger charge is 2.32. The molecule has 0 N–H and O–H groups in total. The van der Waals surface area contributed by atoms with Crippen molar-refractivity contribution in [2.45, 2.75) is 19.2 Å². The minimum absolute atomic E-state index is 0.0173. The van der Waals surface area contributed by atoms with Crippen molar-refractivity contribution < 1.29 is 14.3 Å². The van der Waals surface area contributed by atoms with Gasteiger partial charge in [-0.2, -0.15) is 0 Å². The van der Waals surface area contributed by atoms with Crippen molar-refractivity contribution in [3.8, 4) is 11.5 Å². The Labute approximate surface area is 124 Å². The van der Waals surface area contributed by atoms with Crippen molar-refractivity contribution in [2.75, 3.05) is 26.5 Å². The van der Waals surface area contributed by atoms with Gasteiger partial charge in [0.1, 0.15) is 16.9 Å². The van der Waals surface area contributed by atoms with Crippen LogP contribution in [0.25, 0.3) is 0 Å². The molecule has 1 unspecified atom stereocenters. The van der Waals surface area contributed by atoms with Crippen molar-refractivity contribution in [1.29, 1.82) is 0 Å². The van der Waals surface area contributed by atoms with Crippen molar-refractivity contribution in [2.24, 2.45) is 5.92 Å². The zero-order valence-corrected chi connectivity index (χ0v) is 13.2. The molecule has 1 atom stereocenters. The van der Waals surface area contributed by atoms with Gasteiger partial charge in [-0.05, 0) is 17.7 Å². The maximum atomic E-state index is 12.3. The lowest BCUT2D eigenvalue weighted by atomic mass is 10.1. The molecule has 0 saturated carbocycles. The molecule has 5 heteroatoms. The zero-order valence-electron chi connectivity index (χ0n) is 12.4. The second-order valence-electron chi connectivity index (χ2n) is 5.06. The van der Waals surface area contributed by atoms with Crippen LogP contribution in [-0.2, 0) is 4.79 Å². The Hall–Kier alpha value is -1.36. The molecule has 1 fully saturated rings. The molecule has 0 spiro atoms. The smallest absolute Gasteiger partial charge is 0.226 e. The zero-order chi connectivity index (χ0) is 14.7. The van der Waals surface area contributed by atoms with Crippen molar-refractivity contribution in [3.05, 3.63) is 23.8 Å². The normalized spacial score (nSPS) is 18.4. The Kier molecular flexibility index (Phi) is 4.81. The van der Waals surface area contributed by atoms with Crippen LogP contribution in [0.5, 0.6) is 11.5 Å². The van der Waals surface area contributed by atoms with Crippen LogP contribution >= 0.6 is 11.8 Å². The number of carbonyl (C=O) groups is 1. The van der Waals surface area contributed by atoms with Crippen molar-refractivity contribution in [3.63, 3.8) is 0 Å². The standard InChI is InChI=1S/C15H21NO3S/c1-10(2)14(17)16-5-6-20-15(16)11-7-12(18-3)9-13(8-11)19-4/h7-10,15H,5-6H2,1-4H3. The van der Waals surface area contributed by atoms with E-state index in [0.717, 1.165) is 29.4 Å². The van der Waals surface area contributed by atoms with Gasteiger partial charge in [0.15, 0.2) is 0 Å². The van der Waals surface area contributed by atoms with Crippen LogP contribution in [0.3, 0.4) is 0 Å². The molecule has 0 radical (unpaired) electrons. The first kappa shape index (κ1) is 15.0. The number of carbonyl (C=O) groups excluding carboxylic acids is 1. The van der Waals surface area contributed by atoms with Gasteiger partial charge in [-0.15, -0.1) is 11.8 Å². The Balaban J connectivity index is 2.32. The number of ether oxygens (including phenoxy) is 2. The molecule has 0 aromatic heterocycles. The third kappa shape index (κ3) is 3.03. The van der Waals surface area contributed by atoms with Crippen LogP contribution in [-0.4, -0.2) is 37.3 Å². The average Bonchev–Trinajstić information content (AvgIpc) is 2.94. The molecule has 1 saturated heterocycles. The molecule has 4 nitrogen and oxygen atoms in total. The lowest BCUT2D eigenvalue weighted by Gasteiger charge is -2.26.